The van der Waals surface area contributed by atoms with Crippen LogP contribution in [0.3, 0.4) is 0 Å². The maximum Gasteiger partial charge on any atom is 0.0929 e. The molecule has 4 nitrogen and oxygen atoms in total. The minimum atomic E-state index is 0.945. The van der Waals surface area contributed by atoms with Gasteiger partial charge in [-0.15, -0.1) is 0 Å². The number of pyridine rings is 1. The normalized spacial score (nSPS) is 11.6. The van der Waals surface area contributed by atoms with E-state index in [-0.39, 0.29) is 0 Å². The Morgan fingerprint density at radius 3 is 2.76 bits per heavy atom. The van der Waals surface area contributed by atoms with E-state index >= 15 is 0 Å². The van der Waals surface area contributed by atoms with Crippen LogP contribution < -0.4 is 0 Å². The van der Waals surface area contributed by atoms with Crippen LogP contribution in [0.2, 0.25) is 0 Å². The second-order valence-electron chi connectivity index (χ2n) is 6.70. The van der Waals surface area contributed by atoms with Crippen molar-refractivity contribution in [1.29, 1.82) is 0 Å². The second-order valence-corrected chi connectivity index (χ2v) is 6.70. The van der Waals surface area contributed by atoms with Gasteiger partial charge in [-0.1, -0.05) is 30.3 Å². The highest BCUT2D eigenvalue weighted by molar-refractivity contribution is 5.96. The van der Waals surface area contributed by atoms with Gasteiger partial charge in [-0.3, -0.25) is 9.67 Å². The van der Waals surface area contributed by atoms with E-state index in [9.17, 15) is 0 Å². The molecule has 0 N–H and O–H groups in total. The van der Waals surface area contributed by atoms with Crippen LogP contribution >= 0.6 is 0 Å². The van der Waals surface area contributed by atoms with E-state index in [4.69, 9.17) is 5.10 Å². The van der Waals surface area contributed by atoms with Crippen LogP contribution in [-0.4, -0.2) is 40.3 Å². The molecule has 0 aliphatic heterocycles. The third kappa shape index (κ3) is 3.26. The Hall–Kier alpha value is -2.72. The number of nitrogens with zero attached hydrogens (tertiary/aromatic N) is 4. The van der Waals surface area contributed by atoms with Crippen molar-refractivity contribution in [2.24, 2.45) is 0 Å². The number of hydrogen-bond acceptors (Lipinski definition) is 3. The third-order valence-electron chi connectivity index (χ3n) is 4.51. The molecule has 4 aromatic rings. The molecule has 0 bridgehead atoms. The zero-order valence-electron chi connectivity index (χ0n) is 14.7. The summed E-state index contributed by atoms with van der Waals surface area (Å²) in [6, 6.07) is 16.9. The molecule has 4 rings (SSSR count). The molecular weight excluding hydrogens is 308 g/mol. The molecule has 0 spiro atoms. The summed E-state index contributed by atoms with van der Waals surface area (Å²) in [6.07, 6.45) is 5.12. The van der Waals surface area contributed by atoms with Crippen molar-refractivity contribution in [3.63, 3.8) is 0 Å². The summed E-state index contributed by atoms with van der Waals surface area (Å²) in [5.74, 6) is 0. The number of hydrogen-bond donors (Lipinski definition) is 0. The van der Waals surface area contributed by atoms with Gasteiger partial charge in [0.15, 0.2) is 0 Å². The third-order valence-corrected chi connectivity index (χ3v) is 4.51. The summed E-state index contributed by atoms with van der Waals surface area (Å²) in [4.78, 5) is 6.66. The van der Waals surface area contributed by atoms with E-state index in [0.717, 1.165) is 30.5 Å². The zero-order chi connectivity index (χ0) is 17.2. The van der Waals surface area contributed by atoms with Crippen molar-refractivity contribution in [2.75, 3.05) is 20.6 Å². The van der Waals surface area contributed by atoms with Gasteiger partial charge >= 0.3 is 0 Å². The molecule has 2 aromatic heterocycles. The van der Waals surface area contributed by atoms with Gasteiger partial charge in [-0.25, -0.2) is 0 Å². The summed E-state index contributed by atoms with van der Waals surface area (Å²) >= 11 is 0. The van der Waals surface area contributed by atoms with Crippen molar-refractivity contribution in [3.05, 3.63) is 60.9 Å². The summed E-state index contributed by atoms with van der Waals surface area (Å²) < 4.78 is 2.06. The van der Waals surface area contributed by atoms with E-state index in [0.29, 0.717) is 0 Å². The van der Waals surface area contributed by atoms with Gasteiger partial charge in [0, 0.05) is 29.7 Å². The molecule has 0 atom stereocenters. The van der Waals surface area contributed by atoms with E-state index < -0.39 is 0 Å². The molecule has 0 aliphatic carbocycles. The van der Waals surface area contributed by atoms with Crippen molar-refractivity contribution in [1.82, 2.24) is 19.7 Å². The standard InChI is InChI=1S/C21H22N4/c1-24(2)12-5-13-25-15-17-9-8-16(14-21(17)23-25)18-10-11-22-20-7-4-3-6-19(18)20/h3-4,6-11,14-15H,5,12-13H2,1-2H3. The Labute approximate surface area is 147 Å². The van der Waals surface area contributed by atoms with Crippen LogP contribution in [0.1, 0.15) is 6.42 Å². The summed E-state index contributed by atoms with van der Waals surface area (Å²) in [5, 5.41) is 7.12. The van der Waals surface area contributed by atoms with E-state index in [1.54, 1.807) is 0 Å². The minimum absolute atomic E-state index is 0.945. The van der Waals surface area contributed by atoms with Crippen LogP contribution in [0, 0.1) is 0 Å². The molecule has 126 valence electrons. The van der Waals surface area contributed by atoms with Crippen molar-refractivity contribution >= 4 is 21.8 Å². The topological polar surface area (TPSA) is 34.0 Å². The highest BCUT2D eigenvalue weighted by atomic mass is 15.3. The first-order valence-electron chi connectivity index (χ1n) is 8.67. The molecule has 0 fully saturated rings. The number of aryl methyl sites for hydroxylation is 1. The molecule has 0 radical (unpaired) electrons. The van der Waals surface area contributed by atoms with Gasteiger partial charge < -0.3 is 4.90 Å². The van der Waals surface area contributed by atoms with Gasteiger partial charge in [0.25, 0.3) is 0 Å². The van der Waals surface area contributed by atoms with Crippen LogP contribution in [0.25, 0.3) is 32.9 Å². The smallest absolute Gasteiger partial charge is 0.0929 e. The SMILES string of the molecule is CN(C)CCCn1cc2ccc(-c3ccnc4ccccc34)cc2n1. The molecule has 0 amide bonds. The molecular formula is C21H22N4. The molecule has 25 heavy (non-hydrogen) atoms. The molecule has 0 saturated heterocycles. The Morgan fingerprint density at radius 1 is 1.00 bits per heavy atom. The molecule has 0 aliphatic rings. The Morgan fingerprint density at radius 2 is 1.88 bits per heavy atom. The van der Waals surface area contributed by atoms with Crippen LogP contribution in [0.5, 0.6) is 0 Å². The lowest BCUT2D eigenvalue weighted by Crippen LogP contribution is -2.15. The first kappa shape index (κ1) is 15.8. The molecule has 2 aromatic carbocycles. The van der Waals surface area contributed by atoms with E-state index in [1.807, 2.05) is 12.3 Å². The van der Waals surface area contributed by atoms with Gasteiger partial charge in [0.05, 0.1) is 11.0 Å². The lowest BCUT2D eigenvalue weighted by molar-refractivity contribution is 0.381. The highest BCUT2D eigenvalue weighted by Gasteiger charge is 2.07. The molecule has 4 heteroatoms. The van der Waals surface area contributed by atoms with Crippen molar-refractivity contribution in [3.8, 4) is 11.1 Å². The quantitative estimate of drug-likeness (QED) is 0.550. The Balaban J connectivity index is 1.69. The lowest BCUT2D eigenvalue weighted by Gasteiger charge is -2.08. The number of aromatic nitrogens is 3. The number of fused-ring (bicyclic) bond motifs is 2. The van der Waals surface area contributed by atoms with Gasteiger partial charge in [0.1, 0.15) is 0 Å². The fourth-order valence-corrected chi connectivity index (χ4v) is 3.25. The predicted octanol–water partition coefficient (Wildman–Crippen LogP) is 4.20. The largest absolute Gasteiger partial charge is 0.309 e. The first-order chi connectivity index (χ1) is 12.2. The number of para-hydroxylation sites is 1. The molecule has 0 unspecified atom stereocenters. The number of rotatable bonds is 5. The molecule has 0 saturated carbocycles. The number of benzene rings is 2. The fraction of sp³-hybridized carbons (Fsp3) is 0.238. The van der Waals surface area contributed by atoms with Crippen LogP contribution in [0.15, 0.2) is 60.9 Å². The average Bonchev–Trinajstić information content (AvgIpc) is 3.02. The lowest BCUT2D eigenvalue weighted by atomic mass is 10.0. The summed E-state index contributed by atoms with van der Waals surface area (Å²) in [7, 11) is 4.20. The minimum Gasteiger partial charge on any atom is -0.309 e. The van der Waals surface area contributed by atoms with Crippen LogP contribution in [-0.2, 0) is 6.54 Å². The van der Waals surface area contributed by atoms with Crippen LogP contribution in [0.4, 0.5) is 0 Å². The molecule has 2 heterocycles. The second kappa shape index (κ2) is 6.65. The summed E-state index contributed by atoms with van der Waals surface area (Å²) in [5.41, 5.74) is 4.46. The maximum absolute atomic E-state index is 4.76. The van der Waals surface area contributed by atoms with Crippen molar-refractivity contribution in [2.45, 2.75) is 13.0 Å². The van der Waals surface area contributed by atoms with Gasteiger partial charge in [0.2, 0.25) is 0 Å². The predicted molar refractivity (Wildman–Crippen MR) is 104 cm³/mol. The summed E-state index contributed by atoms with van der Waals surface area (Å²) in [6.45, 7) is 2.02. The van der Waals surface area contributed by atoms with Gasteiger partial charge in [-0.05, 0) is 56.4 Å². The van der Waals surface area contributed by atoms with E-state index in [2.05, 4.69) is 77.3 Å². The zero-order valence-corrected chi connectivity index (χ0v) is 14.7. The van der Waals surface area contributed by atoms with E-state index in [1.165, 1.54) is 21.9 Å². The van der Waals surface area contributed by atoms with Crippen molar-refractivity contribution < 1.29 is 0 Å². The Bertz CT molecular complexity index is 1010. The Kier molecular flexibility index (Phi) is 4.20. The fourth-order valence-electron chi connectivity index (χ4n) is 3.25. The average molecular weight is 330 g/mol. The van der Waals surface area contributed by atoms with Gasteiger partial charge in [-0.2, -0.15) is 5.10 Å². The first-order valence-corrected chi connectivity index (χ1v) is 8.67. The monoisotopic (exact) mass is 330 g/mol. The highest BCUT2D eigenvalue weighted by Crippen LogP contribution is 2.29. The maximum atomic E-state index is 4.76.